The molecule has 23 heavy (non-hydrogen) atoms. The zero-order chi connectivity index (χ0) is 16.8. The van der Waals surface area contributed by atoms with Crippen molar-refractivity contribution in [2.24, 2.45) is 11.8 Å². The fourth-order valence-corrected chi connectivity index (χ4v) is 2.90. The van der Waals surface area contributed by atoms with Gasteiger partial charge in [0.25, 0.3) is 11.8 Å². The highest BCUT2D eigenvalue weighted by Crippen LogP contribution is 2.18. The number of carbonyl (C=O) groups excluding carboxylic acids is 2. The number of nitrogens with zero attached hydrogens (tertiary/aromatic N) is 1. The first-order valence-electron chi connectivity index (χ1n) is 8.65. The molecule has 1 aliphatic rings. The van der Waals surface area contributed by atoms with Crippen molar-refractivity contribution in [3.8, 4) is 0 Å². The maximum Gasteiger partial charge on any atom is 0.253 e. The molecule has 2 rings (SSSR count). The Morgan fingerprint density at radius 1 is 1.22 bits per heavy atom. The van der Waals surface area contributed by atoms with Crippen LogP contribution in [0.3, 0.4) is 0 Å². The largest absolute Gasteiger partial charge is 0.352 e. The van der Waals surface area contributed by atoms with Gasteiger partial charge in [-0.15, -0.1) is 0 Å². The first-order valence-corrected chi connectivity index (χ1v) is 8.65. The van der Waals surface area contributed by atoms with E-state index in [-0.39, 0.29) is 11.8 Å². The molecule has 1 aromatic carbocycles. The van der Waals surface area contributed by atoms with Crippen LogP contribution in [0.25, 0.3) is 0 Å². The second kappa shape index (κ2) is 8.14. The van der Waals surface area contributed by atoms with Crippen LogP contribution in [0.1, 0.15) is 60.7 Å². The highest BCUT2D eigenvalue weighted by molar-refractivity contribution is 5.97. The molecule has 1 fully saturated rings. The van der Waals surface area contributed by atoms with Crippen LogP contribution in [-0.2, 0) is 0 Å². The van der Waals surface area contributed by atoms with Crippen LogP contribution in [-0.4, -0.2) is 36.3 Å². The Labute approximate surface area is 139 Å². The summed E-state index contributed by atoms with van der Waals surface area (Å²) >= 11 is 0. The maximum absolute atomic E-state index is 12.5. The summed E-state index contributed by atoms with van der Waals surface area (Å²) in [5, 5.41) is 2.91. The second-order valence-electron chi connectivity index (χ2n) is 7.01. The molecule has 1 atom stereocenters. The van der Waals surface area contributed by atoms with Crippen LogP contribution in [0.5, 0.6) is 0 Å². The van der Waals surface area contributed by atoms with Gasteiger partial charge in [0.2, 0.25) is 0 Å². The molecular formula is C19H28N2O2. The maximum atomic E-state index is 12.5. The van der Waals surface area contributed by atoms with Crippen LogP contribution in [0.2, 0.25) is 0 Å². The van der Waals surface area contributed by atoms with E-state index in [2.05, 4.69) is 26.1 Å². The Hall–Kier alpha value is -1.84. The number of benzene rings is 1. The lowest BCUT2D eigenvalue weighted by Crippen LogP contribution is -2.39. The fourth-order valence-electron chi connectivity index (χ4n) is 2.90. The predicted molar refractivity (Wildman–Crippen MR) is 92.5 cm³/mol. The number of hydrogen-bond acceptors (Lipinski definition) is 2. The van der Waals surface area contributed by atoms with Crippen molar-refractivity contribution in [2.45, 2.75) is 40.0 Å². The quantitative estimate of drug-likeness (QED) is 0.906. The Morgan fingerprint density at radius 3 is 2.48 bits per heavy atom. The lowest BCUT2D eigenvalue weighted by Gasteiger charge is -2.31. The molecule has 4 heteroatoms. The van der Waals surface area contributed by atoms with E-state index in [0.717, 1.165) is 25.9 Å². The van der Waals surface area contributed by atoms with E-state index in [1.165, 1.54) is 6.42 Å². The number of rotatable bonds is 5. The average Bonchev–Trinajstić information content (AvgIpc) is 2.54. The molecule has 0 bridgehead atoms. The van der Waals surface area contributed by atoms with Crippen molar-refractivity contribution in [2.75, 3.05) is 19.6 Å². The molecule has 0 aliphatic carbocycles. The van der Waals surface area contributed by atoms with Gasteiger partial charge in [0.05, 0.1) is 0 Å². The molecule has 2 amide bonds. The van der Waals surface area contributed by atoms with E-state index in [0.29, 0.717) is 29.5 Å². The zero-order valence-corrected chi connectivity index (χ0v) is 14.5. The van der Waals surface area contributed by atoms with Crippen molar-refractivity contribution in [1.82, 2.24) is 10.2 Å². The molecule has 4 nitrogen and oxygen atoms in total. The highest BCUT2D eigenvalue weighted by atomic mass is 16.2. The lowest BCUT2D eigenvalue weighted by atomic mass is 9.99. The molecule has 0 spiro atoms. The van der Waals surface area contributed by atoms with Gasteiger partial charge in [-0.3, -0.25) is 9.59 Å². The zero-order valence-electron chi connectivity index (χ0n) is 14.5. The van der Waals surface area contributed by atoms with Crippen molar-refractivity contribution in [3.63, 3.8) is 0 Å². The van der Waals surface area contributed by atoms with E-state index >= 15 is 0 Å². The van der Waals surface area contributed by atoms with Gasteiger partial charge < -0.3 is 10.2 Å². The van der Waals surface area contributed by atoms with E-state index in [1.54, 1.807) is 24.3 Å². The predicted octanol–water partition coefficient (Wildman–Crippen LogP) is 3.33. The molecule has 1 unspecified atom stereocenters. The van der Waals surface area contributed by atoms with Crippen LogP contribution in [0.15, 0.2) is 24.3 Å². The molecule has 126 valence electrons. The molecule has 1 aliphatic heterocycles. The first-order chi connectivity index (χ1) is 11.0. The Bertz CT molecular complexity index is 537. The first kappa shape index (κ1) is 17.5. The molecular weight excluding hydrogens is 288 g/mol. The minimum absolute atomic E-state index is 0.0725. The monoisotopic (exact) mass is 316 g/mol. The number of likely N-dealkylation sites (tertiary alicyclic amines) is 1. The average molecular weight is 316 g/mol. The van der Waals surface area contributed by atoms with Gasteiger partial charge in [0, 0.05) is 30.8 Å². The summed E-state index contributed by atoms with van der Waals surface area (Å²) in [6.45, 7) is 8.80. The molecule has 1 N–H and O–H groups in total. The Kier molecular flexibility index (Phi) is 6.20. The van der Waals surface area contributed by atoms with E-state index in [1.807, 2.05) is 4.90 Å². The van der Waals surface area contributed by atoms with Gasteiger partial charge in [-0.1, -0.05) is 20.8 Å². The molecule has 0 saturated carbocycles. The number of amides is 2. The summed E-state index contributed by atoms with van der Waals surface area (Å²) in [5.41, 5.74) is 1.27. The van der Waals surface area contributed by atoms with Crippen molar-refractivity contribution in [1.29, 1.82) is 0 Å². The summed E-state index contributed by atoms with van der Waals surface area (Å²) in [5.74, 6) is 1.14. The van der Waals surface area contributed by atoms with Gasteiger partial charge in [0.1, 0.15) is 0 Å². The summed E-state index contributed by atoms with van der Waals surface area (Å²) in [4.78, 5) is 26.5. The van der Waals surface area contributed by atoms with Crippen LogP contribution >= 0.6 is 0 Å². The number of nitrogens with one attached hydrogen (secondary N) is 1. The third kappa shape index (κ3) is 5.08. The smallest absolute Gasteiger partial charge is 0.253 e. The van der Waals surface area contributed by atoms with Crippen LogP contribution < -0.4 is 5.32 Å². The van der Waals surface area contributed by atoms with Gasteiger partial charge in [-0.2, -0.15) is 0 Å². The Balaban J connectivity index is 1.93. The van der Waals surface area contributed by atoms with E-state index in [4.69, 9.17) is 0 Å². The van der Waals surface area contributed by atoms with Gasteiger partial charge in [0.15, 0.2) is 0 Å². The molecule has 1 heterocycles. The SMILES string of the molecule is CC(C)CCNC(=O)c1ccc(C(=O)N2CCCC(C)C2)cc1. The molecule has 1 saturated heterocycles. The topological polar surface area (TPSA) is 49.4 Å². The third-order valence-corrected chi connectivity index (χ3v) is 4.35. The number of carbonyl (C=O) groups is 2. The van der Waals surface area contributed by atoms with Crippen molar-refractivity contribution in [3.05, 3.63) is 35.4 Å². The van der Waals surface area contributed by atoms with E-state index < -0.39 is 0 Å². The Morgan fingerprint density at radius 2 is 1.87 bits per heavy atom. The lowest BCUT2D eigenvalue weighted by molar-refractivity contribution is 0.0682. The summed E-state index contributed by atoms with van der Waals surface area (Å²) < 4.78 is 0. The van der Waals surface area contributed by atoms with Crippen molar-refractivity contribution >= 4 is 11.8 Å². The van der Waals surface area contributed by atoms with Crippen LogP contribution in [0.4, 0.5) is 0 Å². The highest BCUT2D eigenvalue weighted by Gasteiger charge is 2.22. The number of hydrogen-bond donors (Lipinski definition) is 1. The fraction of sp³-hybridized carbons (Fsp3) is 0.579. The van der Waals surface area contributed by atoms with E-state index in [9.17, 15) is 9.59 Å². The normalized spacial score (nSPS) is 18.1. The minimum atomic E-state index is -0.0729. The third-order valence-electron chi connectivity index (χ3n) is 4.35. The standard InChI is InChI=1S/C19H28N2O2/c1-14(2)10-11-20-18(22)16-6-8-17(9-7-16)19(23)21-12-4-5-15(3)13-21/h6-9,14-15H,4-5,10-13H2,1-3H3,(H,20,22). The van der Waals surface area contributed by atoms with Gasteiger partial charge in [-0.05, 0) is 55.4 Å². The summed E-state index contributed by atoms with van der Waals surface area (Å²) in [6, 6.07) is 7.01. The summed E-state index contributed by atoms with van der Waals surface area (Å²) in [7, 11) is 0. The molecule has 0 aromatic heterocycles. The van der Waals surface area contributed by atoms with Gasteiger partial charge >= 0.3 is 0 Å². The second-order valence-corrected chi connectivity index (χ2v) is 7.01. The van der Waals surface area contributed by atoms with Crippen molar-refractivity contribution < 1.29 is 9.59 Å². The molecule has 0 radical (unpaired) electrons. The summed E-state index contributed by atoms with van der Waals surface area (Å²) in [6.07, 6.45) is 3.23. The number of piperidine rings is 1. The minimum Gasteiger partial charge on any atom is -0.352 e. The molecule has 1 aromatic rings. The van der Waals surface area contributed by atoms with Gasteiger partial charge in [-0.25, -0.2) is 0 Å². The van der Waals surface area contributed by atoms with Crippen LogP contribution in [0, 0.1) is 11.8 Å².